The number of hydrogen-bond acceptors (Lipinski definition) is 3. The second-order valence-corrected chi connectivity index (χ2v) is 3.46. The zero-order chi connectivity index (χ0) is 9.26. The summed E-state index contributed by atoms with van der Waals surface area (Å²) in [7, 11) is 1.94. The summed E-state index contributed by atoms with van der Waals surface area (Å²) in [6, 6.07) is 2.00. The van der Waals surface area contributed by atoms with Crippen LogP contribution in [0.25, 0.3) is 0 Å². The van der Waals surface area contributed by atoms with Crippen molar-refractivity contribution in [2.75, 3.05) is 13.2 Å². The largest absolute Gasteiger partial charge is 0.372 e. The van der Waals surface area contributed by atoms with Crippen molar-refractivity contribution in [3.05, 3.63) is 18.0 Å². The number of aryl methyl sites for hydroxylation is 1. The van der Waals surface area contributed by atoms with Gasteiger partial charge in [0.1, 0.15) is 6.10 Å². The molecule has 2 heterocycles. The predicted octanol–water partition coefficient (Wildman–Crippen LogP) is 1.30. The molecule has 1 saturated heterocycles. The van der Waals surface area contributed by atoms with E-state index in [-0.39, 0.29) is 30.9 Å². The van der Waals surface area contributed by atoms with E-state index in [1.807, 2.05) is 17.8 Å². The molecule has 4 nitrogen and oxygen atoms in total. The third kappa shape index (κ3) is 2.84. The predicted molar refractivity (Wildman–Crippen MR) is 63.6 cm³/mol. The Morgan fingerprint density at radius 1 is 1.60 bits per heavy atom. The molecule has 1 aliphatic heterocycles. The van der Waals surface area contributed by atoms with Gasteiger partial charge in [-0.05, 0) is 19.0 Å². The summed E-state index contributed by atoms with van der Waals surface area (Å²) in [5.74, 6) is 0.454. The van der Waals surface area contributed by atoms with Crippen LogP contribution in [-0.2, 0) is 11.8 Å². The molecule has 2 rings (SSSR count). The van der Waals surface area contributed by atoms with Gasteiger partial charge >= 0.3 is 0 Å². The van der Waals surface area contributed by atoms with Gasteiger partial charge in [-0.25, -0.2) is 0 Å². The number of rotatable bonds is 2. The molecule has 0 aromatic carbocycles. The molecular formula is C9H17Cl2N3O. The van der Waals surface area contributed by atoms with Crippen LogP contribution in [0.1, 0.15) is 18.2 Å². The Morgan fingerprint density at radius 2 is 2.33 bits per heavy atom. The van der Waals surface area contributed by atoms with Crippen molar-refractivity contribution < 1.29 is 4.74 Å². The number of halogens is 2. The normalized spacial score (nSPS) is 24.4. The summed E-state index contributed by atoms with van der Waals surface area (Å²) in [6.45, 7) is 1.51. The van der Waals surface area contributed by atoms with Crippen LogP contribution in [0.5, 0.6) is 0 Å². The maximum Gasteiger partial charge on any atom is 0.103 e. The first kappa shape index (κ1) is 14.7. The third-order valence-corrected chi connectivity index (χ3v) is 2.67. The molecule has 1 fully saturated rings. The van der Waals surface area contributed by atoms with Crippen molar-refractivity contribution in [2.45, 2.75) is 12.5 Å². The number of aromatic nitrogens is 2. The Hall–Kier alpha value is -0.290. The van der Waals surface area contributed by atoms with Crippen molar-refractivity contribution in [1.29, 1.82) is 0 Å². The lowest BCUT2D eigenvalue weighted by atomic mass is 9.99. The molecule has 6 heteroatoms. The first-order chi connectivity index (χ1) is 6.33. The lowest BCUT2D eigenvalue weighted by molar-refractivity contribution is 0.0858. The molecule has 1 aromatic heterocycles. The fraction of sp³-hybridized carbons (Fsp3) is 0.667. The molecule has 0 bridgehead atoms. The minimum Gasteiger partial charge on any atom is -0.372 e. The van der Waals surface area contributed by atoms with Gasteiger partial charge in [0, 0.05) is 25.8 Å². The number of hydrogen-bond donors (Lipinski definition) is 1. The van der Waals surface area contributed by atoms with Gasteiger partial charge in [0.05, 0.1) is 5.69 Å². The van der Waals surface area contributed by atoms with Crippen LogP contribution in [0, 0.1) is 5.92 Å². The molecule has 88 valence electrons. The molecule has 2 N–H and O–H groups in total. The molecule has 0 saturated carbocycles. The third-order valence-electron chi connectivity index (χ3n) is 2.67. The van der Waals surface area contributed by atoms with Gasteiger partial charge in [0.2, 0.25) is 0 Å². The average molecular weight is 254 g/mol. The summed E-state index contributed by atoms with van der Waals surface area (Å²) < 4.78 is 7.50. The van der Waals surface area contributed by atoms with Gasteiger partial charge in [-0.2, -0.15) is 5.10 Å². The Bertz CT molecular complexity index is 293. The lowest BCUT2D eigenvalue weighted by Gasteiger charge is -2.16. The van der Waals surface area contributed by atoms with Gasteiger partial charge < -0.3 is 10.5 Å². The van der Waals surface area contributed by atoms with Crippen molar-refractivity contribution in [3.63, 3.8) is 0 Å². The molecule has 0 spiro atoms. The smallest absolute Gasteiger partial charge is 0.103 e. The van der Waals surface area contributed by atoms with E-state index in [2.05, 4.69) is 5.10 Å². The van der Waals surface area contributed by atoms with Crippen LogP contribution < -0.4 is 5.73 Å². The Balaban J connectivity index is 0.000000980. The highest BCUT2D eigenvalue weighted by Gasteiger charge is 2.30. The van der Waals surface area contributed by atoms with Gasteiger partial charge in [0.25, 0.3) is 0 Å². The summed E-state index contributed by atoms with van der Waals surface area (Å²) >= 11 is 0. The first-order valence-corrected chi connectivity index (χ1v) is 4.62. The Kier molecular flexibility index (Phi) is 6.20. The number of nitrogens with zero attached hydrogens (tertiary/aromatic N) is 2. The van der Waals surface area contributed by atoms with E-state index >= 15 is 0 Å². The maximum absolute atomic E-state index is 5.67. The fourth-order valence-electron chi connectivity index (χ4n) is 1.87. The monoisotopic (exact) mass is 253 g/mol. The van der Waals surface area contributed by atoms with Crippen LogP contribution in [0.4, 0.5) is 0 Å². The van der Waals surface area contributed by atoms with Crippen LogP contribution >= 0.6 is 24.8 Å². The highest BCUT2D eigenvalue weighted by atomic mass is 35.5. The van der Waals surface area contributed by atoms with E-state index in [0.717, 1.165) is 18.7 Å². The van der Waals surface area contributed by atoms with E-state index in [0.29, 0.717) is 12.5 Å². The van der Waals surface area contributed by atoms with E-state index in [9.17, 15) is 0 Å². The van der Waals surface area contributed by atoms with Crippen molar-refractivity contribution in [2.24, 2.45) is 18.7 Å². The van der Waals surface area contributed by atoms with Gasteiger partial charge in [-0.15, -0.1) is 24.8 Å². The lowest BCUT2D eigenvalue weighted by Crippen LogP contribution is -2.19. The second-order valence-electron chi connectivity index (χ2n) is 3.46. The molecule has 0 radical (unpaired) electrons. The molecule has 15 heavy (non-hydrogen) atoms. The van der Waals surface area contributed by atoms with E-state index in [1.54, 1.807) is 6.20 Å². The topological polar surface area (TPSA) is 53.1 Å². The highest BCUT2D eigenvalue weighted by Crippen LogP contribution is 2.33. The Labute approximate surface area is 102 Å². The van der Waals surface area contributed by atoms with Crippen molar-refractivity contribution >= 4 is 24.8 Å². The molecular weight excluding hydrogens is 237 g/mol. The molecule has 0 amide bonds. The summed E-state index contributed by atoms with van der Waals surface area (Å²) in [5, 5.41) is 4.13. The number of ether oxygens (including phenoxy) is 1. The minimum atomic E-state index is 0. The number of nitrogens with two attached hydrogens (primary N) is 1. The van der Waals surface area contributed by atoms with Crippen molar-refractivity contribution in [3.8, 4) is 0 Å². The summed E-state index contributed by atoms with van der Waals surface area (Å²) in [4.78, 5) is 0. The van der Waals surface area contributed by atoms with Gasteiger partial charge in [-0.1, -0.05) is 0 Å². The standard InChI is InChI=1S/C9H15N3O.2ClH/c1-12-8(2-4-11-12)9-7(6-10)3-5-13-9;;/h2,4,7,9H,3,5-6,10H2,1H3;2*1H. The maximum atomic E-state index is 5.67. The molecule has 1 aliphatic rings. The zero-order valence-corrected chi connectivity index (χ0v) is 10.3. The van der Waals surface area contributed by atoms with Gasteiger partial charge in [-0.3, -0.25) is 4.68 Å². The second kappa shape index (κ2) is 6.33. The summed E-state index contributed by atoms with van der Waals surface area (Å²) in [5.41, 5.74) is 6.80. The molecule has 2 atom stereocenters. The van der Waals surface area contributed by atoms with E-state index in [4.69, 9.17) is 10.5 Å². The molecule has 2 unspecified atom stereocenters. The first-order valence-electron chi connectivity index (χ1n) is 4.62. The van der Waals surface area contributed by atoms with Gasteiger partial charge in [0.15, 0.2) is 0 Å². The van der Waals surface area contributed by atoms with Crippen LogP contribution in [-0.4, -0.2) is 22.9 Å². The highest BCUT2D eigenvalue weighted by molar-refractivity contribution is 5.85. The van der Waals surface area contributed by atoms with Crippen LogP contribution in [0.3, 0.4) is 0 Å². The quantitative estimate of drug-likeness (QED) is 0.865. The minimum absolute atomic E-state index is 0. The summed E-state index contributed by atoms with van der Waals surface area (Å²) in [6.07, 6.45) is 3.01. The molecule has 1 aromatic rings. The average Bonchev–Trinajstić information content (AvgIpc) is 2.71. The van der Waals surface area contributed by atoms with E-state index < -0.39 is 0 Å². The van der Waals surface area contributed by atoms with Crippen LogP contribution in [0.15, 0.2) is 12.3 Å². The van der Waals surface area contributed by atoms with Crippen molar-refractivity contribution in [1.82, 2.24) is 9.78 Å². The SMILES string of the molecule is Cl.Cl.Cn1nccc1C1OCCC1CN. The fourth-order valence-corrected chi connectivity index (χ4v) is 1.87. The zero-order valence-electron chi connectivity index (χ0n) is 8.63. The molecule has 0 aliphatic carbocycles. The van der Waals surface area contributed by atoms with E-state index in [1.165, 1.54) is 0 Å². The Morgan fingerprint density at radius 3 is 2.87 bits per heavy atom. The van der Waals surface area contributed by atoms with Crippen LogP contribution in [0.2, 0.25) is 0 Å².